The van der Waals surface area contributed by atoms with Crippen molar-refractivity contribution in [1.29, 1.82) is 0 Å². The van der Waals surface area contributed by atoms with Crippen molar-refractivity contribution in [2.75, 3.05) is 14.1 Å². The van der Waals surface area contributed by atoms with E-state index in [0.717, 1.165) is 0 Å². The molecular formula is C8H17NO2. The molecule has 0 aromatic carbocycles. The van der Waals surface area contributed by atoms with E-state index in [-0.39, 0.29) is 18.1 Å². The summed E-state index contributed by atoms with van der Waals surface area (Å²) in [5.41, 5.74) is 0. The molecule has 0 amide bonds. The van der Waals surface area contributed by atoms with Crippen LogP contribution in [0.2, 0.25) is 0 Å². The average molecular weight is 159 g/mol. The third kappa shape index (κ3) is 3.98. The number of likely N-dealkylation sites (N-methyl/N-ethyl adjacent to an activating group) is 1. The van der Waals surface area contributed by atoms with Gasteiger partial charge >= 0.3 is 5.97 Å². The SMILES string of the molecule is CC(C)OC(=O)[C@H](C)N(C)C. The minimum Gasteiger partial charge on any atom is -0.462 e. The van der Waals surface area contributed by atoms with Gasteiger partial charge < -0.3 is 4.74 Å². The molecule has 0 aliphatic carbocycles. The molecule has 0 saturated carbocycles. The molecule has 11 heavy (non-hydrogen) atoms. The molecule has 0 aliphatic rings. The molecule has 0 rings (SSSR count). The van der Waals surface area contributed by atoms with Crippen molar-refractivity contribution in [1.82, 2.24) is 4.90 Å². The molecular weight excluding hydrogens is 142 g/mol. The minimum absolute atomic E-state index is 0.0232. The zero-order chi connectivity index (χ0) is 9.02. The van der Waals surface area contributed by atoms with Gasteiger partial charge in [-0.1, -0.05) is 0 Å². The monoisotopic (exact) mass is 159 g/mol. The lowest BCUT2D eigenvalue weighted by Crippen LogP contribution is -2.35. The van der Waals surface area contributed by atoms with Gasteiger partial charge in [0.05, 0.1) is 6.10 Å². The molecule has 0 unspecified atom stereocenters. The average Bonchev–Trinajstić information content (AvgIpc) is 1.84. The van der Waals surface area contributed by atoms with E-state index in [0.29, 0.717) is 0 Å². The predicted molar refractivity (Wildman–Crippen MR) is 44.4 cm³/mol. The van der Waals surface area contributed by atoms with Crippen molar-refractivity contribution < 1.29 is 9.53 Å². The number of nitrogens with zero attached hydrogens (tertiary/aromatic N) is 1. The van der Waals surface area contributed by atoms with Gasteiger partial charge in [0.2, 0.25) is 0 Å². The Hall–Kier alpha value is -0.570. The Morgan fingerprint density at radius 1 is 1.27 bits per heavy atom. The highest BCUT2D eigenvalue weighted by Crippen LogP contribution is 1.98. The van der Waals surface area contributed by atoms with Crippen LogP contribution in [-0.4, -0.2) is 37.1 Å². The Kier molecular flexibility index (Phi) is 4.11. The smallest absolute Gasteiger partial charge is 0.323 e. The largest absolute Gasteiger partial charge is 0.462 e. The van der Waals surface area contributed by atoms with Crippen LogP contribution in [0.5, 0.6) is 0 Å². The summed E-state index contributed by atoms with van der Waals surface area (Å²) in [6, 6.07) is -0.155. The Balaban J connectivity index is 3.83. The predicted octanol–water partition coefficient (Wildman–Crippen LogP) is 0.888. The number of carbonyl (C=O) groups is 1. The fourth-order valence-corrected chi connectivity index (χ4v) is 0.542. The number of hydrogen-bond donors (Lipinski definition) is 0. The van der Waals surface area contributed by atoms with Crippen molar-refractivity contribution >= 4 is 5.97 Å². The normalized spacial score (nSPS) is 13.7. The summed E-state index contributed by atoms with van der Waals surface area (Å²) in [6.45, 7) is 5.52. The van der Waals surface area contributed by atoms with Crippen LogP contribution in [0.3, 0.4) is 0 Å². The number of esters is 1. The van der Waals surface area contributed by atoms with E-state index in [1.54, 1.807) is 0 Å². The summed E-state index contributed by atoms with van der Waals surface area (Å²) >= 11 is 0. The first-order valence-corrected chi connectivity index (χ1v) is 3.82. The van der Waals surface area contributed by atoms with Crippen LogP contribution >= 0.6 is 0 Å². The quantitative estimate of drug-likeness (QED) is 0.573. The van der Waals surface area contributed by atoms with Crippen LogP contribution in [0.1, 0.15) is 20.8 Å². The highest BCUT2D eigenvalue weighted by molar-refractivity contribution is 5.75. The lowest BCUT2D eigenvalue weighted by molar-refractivity contribution is -0.152. The zero-order valence-corrected chi connectivity index (χ0v) is 7.92. The standard InChI is InChI=1S/C8H17NO2/c1-6(2)11-8(10)7(3)9(4)5/h6-7H,1-5H3/t7-/m0/s1. The molecule has 66 valence electrons. The highest BCUT2D eigenvalue weighted by atomic mass is 16.5. The molecule has 0 heterocycles. The molecule has 0 radical (unpaired) electrons. The van der Waals surface area contributed by atoms with Gasteiger partial charge in [-0.2, -0.15) is 0 Å². The van der Waals surface area contributed by atoms with E-state index in [1.807, 2.05) is 39.8 Å². The van der Waals surface area contributed by atoms with E-state index in [1.165, 1.54) is 0 Å². The minimum atomic E-state index is -0.162. The lowest BCUT2D eigenvalue weighted by atomic mass is 10.3. The molecule has 0 saturated heterocycles. The van der Waals surface area contributed by atoms with E-state index >= 15 is 0 Å². The second kappa shape index (κ2) is 4.34. The van der Waals surface area contributed by atoms with Gasteiger partial charge in [0.1, 0.15) is 6.04 Å². The third-order valence-corrected chi connectivity index (χ3v) is 1.47. The Morgan fingerprint density at radius 3 is 2.00 bits per heavy atom. The molecule has 0 bridgehead atoms. The van der Waals surface area contributed by atoms with Gasteiger partial charge in [-0.3, -0.25) is 9.69 Å². The summed E-state index contributed by atoms with van der Waals surface area (Å²) in [6.07, 6.45) is -0.0232. The molecule has 0 aromatic heterocycles. The van der Waals surface area contributed by atoms with Crippen molar-refractivity contribution in [3.05, 3.63) is 0 Å². The first-order chi connectivity index (χ1) is 4.95. The van der Waals surface area contributed by atoms with Gasteiger partial charge in [-0.25, -0.2) is 0 Å². The van der Waals surface area contributed by atoms with E-state index in [9.17, 15) is 4.79 Å². The molecule has 0 aromatic rings. The summed E-state index contributed by atoms with van der Waals surface area (Å²) in [4.78, 5) is 13.0. The third-order valence-electron chi connectivity index (χ3n) is 1.47. The highest BCUT2D eigenvalue weighted by Gasteiger charge is 2.16. The van der Waals surface area contributed by atoms with Crippen LogP contribution < -0.4 is 0 Å². The van der Waals surface area contributed by atoms with E-state index in [2.05, 4.69) is 0 Å². The number of rotatable bonds is 3. The van der Waals surface area contributed by atoms with Crippen molar-refractivity contribution in [2.45, 2.75) is 32.9 Å². The lowest BCUT2D eigenvalue weighted by Gasteiger charge is -2.19. The fraction of sp³-hybridized carbons (Fsp3) is 0.875. The summed E-state index contributed by atoms with van der Waals surface area (Å²) in [5, 5.41) is 0. The topological polar surface area (TPSA) is 29.5 Å². The number of carbonyl (C=O) groups excluding carboxylic acids is 1. The maximum absolute atomic E-state index is 11.1. The van der Waals surface area contributed by atoms with Gasteiger partial charge in [0, 0.05) is 0 Å². The second-order valence-corrected chi connectivity index (χ2v) is 3.13. The first kappa shape index (κ1) is 10.4. The molecule has 3 heteroatoms. The maximum Gasteiger partial charge on any atom is 0.323 e. The molecule has 0 aliphatic heterocycles. The summed E-state index contributed by atoms with van der Waals surface area (Å²) in [5.74, 6) is -0.162. The molecule has 0 spiro atoms. The number of hydrogen-bond acceptors (Lipinski definition) is 3. The van der Waals surface area contributed by atoms with E-state index < -0.39 is 0 Å². The van der Waals surface area contributed by atoms with Crippen LogP contribution in [-0.2, 0) is 9.53 Å². The van der Waals surface area contributed by atoms with Crippen molar-refractivity contribution in [3.8, 4) is 0 Å². The van der Waals surface area contributed by atoms with Crippen LogP contribution in [0.25, 0.3) is 0 Å². The Labute approximate surface area is 68.3 Å². The first-order valence-electron chi connectivity index (χ1n) is 3.82. The molecule has 0 N–H and O–H groups in total. The van der Waals surface area contributed by atoms with Crippen molar-refractivity contribution in [2.24, 2.45) is 0 Å². The Morgan fingerprint density at radius 2 is 1.73 bits per heavy atom. The van der Waals surface area contributed by atoms with Gasteiger partial charge in [-0.15, -0.1) is 0 Å². The summed E-state index contributed by atoms with van der Waals surface area (Å²) < 4.78 is 4.99. The van der Waals surface area contributed by atoms with Gasteiger partial charge in [0.25, 0.3) is 0 Å². The zero-order valence-electron chi connectivity index (χ0n) is 7.92. The number of ether oxygens (including phenoxy) is 1. The van der Waals surface area contributed by atoms with Crippen LogP contribution in [0.4, 0.5) is 0 Å². The van der Waals surface area contributed by atoms with Crippen LogP contribution in [0, 0.1) is 0 Å². The van der Waals surface area contributed by atoms with E-state index in [4.69, 9.17) is 4.74 Å². The molecule has 1 atom stereocenters. The second-order valence-electron chi connectivity index (χ2n) is 3.13. The summed E-state index contributed by atoms with van der Waals surface area (Å²) in [7, 11) is 3.71. The Bertz CT molecular complexity index is 132. The maximum atomic E-state index is 11.1. The molecule has 3 nitrogen and oxygen atoms in total. The van der Waals surface area contributed by atoms with Crippen LogP contribution in [0.15, 0.2) is 0 Å². The fourth-order valence-electron chi connectivity index (χ4n) is 0.542. The van der Waals surface area contributed by atoms with Crippen molar-refractivity contribution in [3.63, 3.8) is 0 Å². The van der Waals surface area contributed by atoms with Gasteiger partial charge in [0.15, 0.2) is 0 Å². The van der Waals surface area contributed by atoms with Gasteiger partial charge in [-0.05, 0) is 34.9 Å². The molecule has 0 fully saturated rings.